The molecule has 104 valence electrons. The molecule has 3 nitrogen and oxygen atoms in total. The Bertz CT molecular complexity index is 438. The highest BCUT2D eigenvalue weighted by Crippen LogP contribution is 2.59. The number of piperidine rings is 2. The Hall–Kier alpha value is -0.860. The molecule has 3 heteroatoms. The van der Waals surface area contributed by atoms with Crippen molar-refractivity contribution < 1.29 is 9.59 Å². The van der Waals surface area contributed by atoms with Crippen molar-refractivity contribution in [3.63, 3.8) is 0 Å². The average Bonchev–Trinajstić information content (AvgIpc) is 2.35. The molecule has 0 aromatic carbocycles. The van der Waals surface area contributed by atoms with Gasteiger partial charge in [0.05, 0.1) is 5.54 Å². The van der Waals surface area contributed by atoms with E-state index in [1.54, 1.807) is 0 Å². The number of hydrogen-bond acceptors (Lipinski definition) is 2. The number of Topliss-reactive ketones (excluding diaryl/α,β-unsaturated/α-hetero) is 1. The first-order valence-electron chi connectivity index (χ1n) is 7.96. The minimum Gasteiger partial charge on any atom is -0.336 e. The van der Waals surface area contributed by atoms with Crippen LogP contribution in [0.15, 0.2) is 0 Å². The molecule has 0 N–H and O–H groups in total. The zero-order chi connectivity index (χ0) is 13.2. The second-order valence-corrected chi connectivity index (χ2v) is 7.35. The molecule has 4 aliphatic rings. The van der Waals surface area contributed by atoms with E-state index in [-0.39, 0.29) is 11.5 Å². The van der Waals surface area contributed by atoms with Crippen molar-refractivity contribution in [2.75, 3.05) is 6.54 Å². The molecule has 0 aromatic heterocycles. The van der Waals surface area contributed by atoms with Crippen LogP contribution in [0.5, 0.6) is 0 Å². The summed E-state index contributed by atoms with van der Waals surface area (Å²) in [5.41, 5.74) is -0.0642. The van der Waals surface area contributed by atoms with Gasteiger partial charge in [-0.2, -0.15) is 0 Å². The molecule has 2 saturated carbocycles. The van der Waals surface area contributed by atoms with Crippen molar-refractivity contribution in [3.8, 4) is 0 Å². The maximum absolute atomic E-state index is 12.5. The van der Waals surface area contributed by atoms with Gasteiger partial charge < -0.3 is 4.90 Å². The second-order valence-electron chi connectivity index (χ2n) is 7.35. The van der Waals surface area contributed by atoms with E-state index < -0.39 is 0 Å². The number of ketones is 1. The first kappa shape index (κ1) is 11.9. The largest absolute Gasteiger partial charge is 0.336 e. The van der Waals surface area contributed by atoms with E-state index in [9.17, 15) is 9.59 Å². The van der Waals surface area contributed by atoms with Gasteiger partial charge in [0, 0.05) is 25.3 Å². The number of carbonyl (C=O) groups excluding carboxylic acids is 2. The Morgan fingerprint density at radius 2 is 2.11 bits per heavy atom. The number of amides is 1. The molecule has 4 fully saturated rings. The second kappa shape index (κ2) is 3.83. The molecular weight excluding hydrogens is 238 g/mol. The van der Waals surface area contributed by atoms with E-state index in [4.69, 9.17) is 0 Å². The van der Waals surface area contributed by atoms with Gasteiger partial charge in [0.1, 0.15) is 5.78 Å². The smallest absolute Gasteiger partial charge is 0.223 e. The maximum atomic E-state index is 12.5. The van der Waals surface area contributed by atoms with Crippen molar-refractivity contribution in [2.45, 2.75) is 57.4 Å². The predicted octanol–water partition coefficient (Wildman–Crippen LogP) is 2.39. The molecule has 1 amide bonds. The Balaban J connectivity index is 1.86. The molecule has 2 aliphatic heterocycles. The molecule has 4 rings (SSSR count). The van der Waals surface area contributed by atoms with Crippen molar-refractivity contribution in [3.05, 3.63) is 0 Å². The molecule has 1 spiro atoms. The van der Waals surface area contributed by atoms with Crippen molar-refractivity contribution >= 4 is 11.7 Å². The van der Waals surface area contributed by atoms with Crippen LogP contribution in [0, 0.1) is 23.7 Å². The van der Waals surface area contributed by atoms with Crippen LogP contribution < -0.4 is 0 Å². The van der Waals surface area contributed by atoms with Gasteiger partial charge >= 0.3 is 0 Å². The Morgan fingerprint density at radius 3 is 2.95 bits per heavy atom. The molecule has 19 heavy (non-hydrogen) atoms. The first-order chi connectivity index (χ1) is 9.13. The van der Waals surface area contributed by atoms with Gasteiger partial charge in [-0.05, 0) is 49.9 Å². The predicted molar refractivity (Wildman–Crippen MR) is 71.4 cm³/mol. The molecule has 5 atom stereocenters. The summed E-state index contributed by atoms with van der Waals surface area (Å²) in [5.74, 6) is 2.79. The van der Waals surface area contributed by atoms with Crippen LogP contribution in [0.25, 0.3) is 0 Å². The lowest BCUT2D eigenvalue weighted by atomic mass is 9.48. The molecule has 2 aliphatic carbocycles. The van der Waals surface area contributed by atoms with E-state index in [0.717, 1.165) is 45.1 Å². The minimum atomic E-state index is -0.0642. The molecule has 2 heterocycles. The highest BCUT2D eigenvalue weighted by molar-refractivity contribution is 5.87. The van der Waals surface area contributed by atoms with Crippen LogP contribution in [0.1, 0.15) is 51.9 Å². The van der Waals surface area contributed by atoms with Crippen molar-refractivity contribution in [1.82, 2.24) is 4.90 Å². The normalized spacial score (nSPS) is 49.0. The molecule has 0 aromatic rings. The van der Waals surface area contributed by atoms with Crippen LogP contribution in [-0.4, -0.2) is 28.7 Å². The molecule has 0 radical (unpaired) electrons. The Kier molecular flexibility index (Phi) is 2.40. The SMILES string of the molecule is C[C@@H]1C[C@H]2CC(=O)[C@H]3CCCN4C(=O)CC[C@H]2[C@]34C1. The standard InChI is InChI=1S/C16H23NO2/c1-10-7-11-8-14(18)13-3-2-6-17-15(19)5-4-12(11)16(13,17)9-10/h10-13H,2-9H2,1H3/t10-,11+,12-,13-,16-/m1/s1. The highest BCUT2D eigenvalue weighted by atomic mass is 16.2. The fourth-order valence-corrected chi connectivity index (χ4v) is 6.02. The Morgan fingerprint density at radius 1 is 1.26 bits per heavy atom. The zero-order valence-corrected chi connectivity index (χ0v) is 11.7. The third-order valence-corrected chi connectivity index (χ3v) is 6.39. The third kappa shape index (κ3) is 1.39. The van der Waals surface area contributed by atoms with Gasteiger partial charge in [-0.15, -0.1) is 0 Å². The van der Waals surface area contributed by atoms with Gasteiger partial charge in [-0.3, -0.25) is 9.59 Å². The molecule has 2 bridgehead atoms. The molecule has 2 saturated heterocycles. The van der Waals surface area contributed by atoms with E-state index in [1.165, 1.54) is 6.42 Å². The van der Waals surface area contributed by atoms with Crippen molar-refractivity contribution in [2.24, 2.45) is 23.7 Å². The number of nitrogens with zero attached hydrogens (tertiary/aromatic N) is 1. The summed E-state index contributed by atoms with van der Waals surface area (Å²) in [4.78, 5) is 27.1. The fraction of sp³-hybridized carbons (Fsp3) is 0.875. The summed E-state index contributed by atoms with van der Waals surface area (Å²) >= 11 is 0. The summed E-state index contributed by atoms with van der Waals surface area (Å²) in [6.07, 6.45) is 6.88. The summed E-state index contributed by atoms with van der Waals surface area (Å²) in [7, 11) is 0. The van der Waals surface area contributed by atoms with Gasteiger partial charge in [0.15, 0.2) is 0 Å². The third-order valence-electron chi connectivity index (χ3n) is 6.39. The molecule has 0 unspecified atom stereocenters. The number of rotatable bonds is 0. The quantitative estimate of drug-likeness (QED) is 0.671. The van der Waals surface area contributed by atoms with Gasteiger partial charge in [-0.1, -0.05) is 6.92 Å². The van der Waals surface area contributed by atoms with Gasteiger partial charge in [0.2, 0.25) is 5.91 Å². The summed E-state index contributed by atoms with van der Waals surface area (Å²) in [5, 5.41) is 0. The van der Waals surface area contributed by atoms with E-state index >= 15 is 0 Å². The lowest BCUT2D eigenvalue weighted by Gasteiger charge is -2.65. The fourth-order valence-electron chi connectivity index (χ4n) is 6.02. The number of carbonyl (C=O) groups is 2. The van der Waals surface area contributed by atoms with Crippen LogP contribution in [0.2, 0.25) is 0 Å². The maximum Gasteiger partial charge on any atom is 0.223 e. The summed E-state index contributed by atoms with van der Waals surface area (Å²) < 4.78 is 0. The van der Waals surface area contributed by atoms with E-state index in [2.05, 4.69) is 11.8 Å². The monoisotopic (exact) mass is 261 g/mol. The summed E-state index contributed by atoms with van der Waals surface area (Å²) in [6.45, 7) is 3.22. The zero-order valence-electron chi connectivity index (χ0n) is 11.7. The van der Waals surface area contributed by atoms with Crippen LogP contribution in [0.3, 0.4) is 0 Å². The van der Waals surface area contributed by atoms with Crippen LogP contribution in [-0.2, 0) is 9.59 Å². The van der Waals surface area contributed by atoms with Gasteiger partial charge in [-0.25, -0.2) is 0 Å². The minimum absolute atomic E-state index is 0.0642. The van der Waals surface area contributed by atoms with Gasteiger partial charge in [0.25, 0.3) is 0 Å². The topological polar surface area (TPSA) is 37.4 Å². The Labute approximate surface area is 114 Å². The lowest BCUT2D eigenvalue weighted by Crippen LogP contribution is -2.72. The molecular formula is C16H23NO2. The van der Waals surface area contributed by atoms with Crippen molar-refractivity contribution in [1.29, 1.82) is 0 Å². The van der Waals surface area contributed by atoms with E-state index in [0.29, 0.717) is 29.4 Å². The van der Waals surface area contributed by atoms with E-state index in [1.807, 2.05) is 0 Å². The number of hydrogen-bond donors (Lipinski definition) is 0. The van der Waals surface area contributed by atoms with Crippen LogP contribution >= 0.6 is 0 Å². The van der Waals surface area contributed by atoms with Crippen LogP contribution in [0.4, 0.5) is 0 Å². The summed E-state index contributed by atoms with van der Waals surface area (Å²) in [6, 6.07) is 0. The highest BCUT2D eigenvalue weighted by Gasteiger charge is 2.63. The first-order valence-corrected chi connectivity index (χ1v) is 7.96. The average molecular weight is 261 g/mol. The lowest BCUT2D eigenvalue weighted by molar-refractivity contribution is -0.184.